The number of piperidine rings is 1. The zero-order chi connectivity index (χ0) is 14.5. The molecule has 2 fully saturated rings. The Hall–Kier alpha value is -1.13. The lowest BCUT2D eigenvalue weighted by Crippen LogP contribution is -2.30. The number of nitrogens with one attached hydrogen (secondary N) is 1. The van der Waals surface area contributed by atoms with Gasteiger partial charge in [-0.25, -0.2) is 0 Å². The van der Waals surface area contributed by atoms with E-state index in [1.165, 1.54) is 12.8 Å². The molecule has 0 bridgehead atoms. The van der Waals surface area contributed by atoms with Gasteiger partial charge in [0.25, 0.3) is 0 Å². The molecule has 0 radical (unpaired) electrons. The summed E-state index contributed by atoms with van der Waals surface area (Å²) in [6.07, 6.45) is 9.67. The number of ketones is 1. The molecule has 2 aliphatic rings. The van der Waals surface area contributed by atoms with Crippen molar-refractivity contribution in [1.29, 1.82) is 0 Å². The van der Waals surface area contributed by atoms with Crippen molar-refractivity contribution in [1.82, 2.24) is 9.88 Å². The molecule has 0 aliphatic carbocycles. The van der Waals surface area contributed by atoms with Crippen molar-refractivity contribution in [3.8, 4) is 0 Å². The molecule has 0 amide bonds. The SMILES string of the molecule is O=C(CCCC1CCCO1)c1cccn1C1CCNCC1. The number of aromatic nitrogens is 1. The Morgan fingerprint density at radius 3 is 2.95 bits per heavy atom. The van der Waals surface area contributed by atoms with E-state index in [0.717, 1.165) is 51.1 Å². The lowest BCUT2D eigenvalue weighted by Gasteiger charge is -2.26. The van der Waals surface area contributed by atoms with Gasteiger partial charge in [-0.1, -0.05) is 0 Å². The molecule has 3 heterocycles. The molecule has 4 heteroatoms. The van der Waals surface area contributed by atoms with Crippen LogP contribution in [0, 0.1) is 0 Å². The third kappa shape index (κ3) is 3.74. The summed E-state index contributed by atoms with van der Waals surface area (Å²) < 4.78 is 7.82. The van der Waals surface area contributed by atoms with Crippen LogP contribution in [-0.2, 0) is 4.74 Å². The van der Waals surface area contributed by atoms with Crippen molar-refractivity contribution in [3.05, 3.63) is 24.0 Å². The highest BCUT2D eigenvalue weighted by Crippen LogP contribution is 2.23. The van der Waals surface area contributed by atoms with Crippen LogP contribution in [-0.4, -0.2) is 36.2 Å². The molecule has 0 spiro atoms. The number of hydrogen-bond donors (Lipinski definition) is 1. The second kappa shape index (κ2) is 7.23. The summed E-state index contributed by atoms with van der Waals surface area (Å²) in [7, 11) is 0. The fourth-order valence-electron chi connectivity index (χ4n) is 3.52. The molecule has 4 nitrogen and oxygen atoms in total. The first-order valence-corrected chi connectivity index (χ1v) is 8.37. The van der Waals surface area contributed by atoms with E-state index >= 15 is 0 Å². The summed E-state index contributed by atoms with van der Waals surface area (Å²) in [6.45, 7) is 3.00. The first-order valence-electron chi connectivity index (χ1n) is 8.37. The summed E-state index contributed by atoms with van der Waals surface area (Å²) in [5.41, 5.74) is 0.897. The standard InChI is InChI=1S/C17H26N2O2/c20-17(7-1-4-15-5-3-13-21-15)16-6-2-12-19(16)14-8-10-18-11-9-14/h2,6,12,14-15,18H,1,3-5,7-11,13H2. The van der Waals surface area contributed by atoms with Gasteiger partial charge < -0.3 is 14.6 Å². The van der Waals surface area contributed by atoms with Gasteiger partial charge in [0.05, 0.1) is 11.8 Å². The number of nitrogens with zero attached hydrogens (tertiary/aromatic N) is 1. The van der Waals surface area contributed by atoms with Crippen LogP contribution >= 0.6 is 0 Å². The fourth-order valence-corrected chi connectivity index (χ4v) is 3.52. The largest absolute Gasteiger partial charge is 0.378 e. The van der Waals surface area contributed by atoms with Gasteiger partial charge in [0.15, 0.2) is 5.78 Å². The van der Waals surface area contributed by atoms with Crippen molar-refractivity contribution in [2.24, 2.45) is 0 Å². The van der Waals surface area contributed by atoms with Gasteiger partial charge in [0.1, 0.15) is 0 Å². The predicted octanol–water partition coefficient (Wildman–Crippen LogP) is 2.94. The molecule has 3 rings (SSSR count). The average Bonchev–Trinajstić information content (AvgIpc) is 3.19. The molecular weight excluding hydrogens is 264 g/mol. The van der Waals surface area contributed by atoms with Gasteiger partial charge >= 0.3 is 0 Å². The Balaban J connectivity index is 1.53. The zero-order valence-corrected chi connectivity index (χ0v) is 12.7. The van der Waals surface area contributed by atoms with E-state index in [2.05, 4.69) is 16.1 Å². The van der Waals surface area contributed by atoms with Crippen LogP contribution in [0.25, 0.3) is 0 Å². The van der Waals surface area contributed by atoms with Crippen LogP contribution in [0.1, 0.15) is 61.5 Å². The van der Waals surface area contributed by atoms with E-state index in [4.69, 9.17) is 4.74 Å². The Bertz CT molecular complexity index is 457. The van der Waals surface area contributed by atoms with Crippen molar-refractivity contribution < 1.29 is 9.53 Å². The van der Waals surface area contributed by atoms with Crippen molar-refractivity contribution in [2.45, 2.75) is 57.1 Å². The van der Waals surface area contributed by atoms with Gasteiger partial charge in [-0.2, -0.15) is 0 Å². The van der Waals surface area contributed by atoms with Gasteiger partial charge in [-0.3, -0.25) is 4.79 Å². The summed E-state index contributed by atoms with van der Waals surface area (Å²) in [5, 5.41) is 3.38. The molecule has 1 atom stereocenters. The minimum Gasteiger partial charge on any atom is -0.378 e. The van der Waals surface area contributed by atoms with Gasteiger partial charge in [-0.05, 0) is 63.7 Å². The maximum Gasteiger partial charge on any atom is 0.179 e. The summed E-state index contributed by atoms with van der Waals surface area (Å²) >= 11 is 0. The minimum absolute atomic E-state index is 0.288. The highest BCUT2D eigenvalue weighted by Gasteiger charge is 2.20. The second-order valence-electron chi connectivity index (χ2n) is 6.23. The molecule has 0 saturated carbocycles. The molecule has 1 aromatic heterocycles. The van der Waals surface area contributed by atoms with Crippen LogP contribution in [0.2, 0.25) is 0 Å². The Kier molecular flexibility index (Phi) is 5.09. The topological polar surface area (TPSA) is 43.3 Å². The van der Waals surface area contributed by atoms with Gasteiger partial charge in [-0.15, -0.1) is 0 Å². The van der Waals surface area contributed by atoms with E-state index in [0.29, 0.717) is 18.6 Å². The maximum absolute atomic E-state index is 12.5. The van der Waals surface area contributed by atoms with Gasteiger partial charge in [0.2, 0.25) is 0 Å². The molecule has 1 N–H and O–H groups in total. The summed E-state index contributed by atoms with van der Waals surface area (Å²) in [4.78, 5) is 12.5. The average molecular weight is 290 g/mol. The molecule has 116 valence electrons. The van der Waals surface area contributed by atoms with Crippen LogP contribution in [0.4, 0.5) is 0 Å². The minimum atomic E-state index is 0.288. The highest BCUT2D eigenvalue weighted by atomic mass is 16.5. The van der Waals surface area contributed by atoms with E-state index in [9.17, 15) is 4.79 Å². The van der Waals surface area contributed by atoms with Crippen molar-refractivity contribution in [3.63, 3.8) is 0 Å². The summed E-state index contributed by atoms with van der Waals surface area (Å²) in [6, 6.07) is 4.48. The smallest absolute Gasteiger partial charge is 0.179 e. The molecular formula is C17H26N2O2. The number of rotatable bonds is 6. The Morgan fingerprint density at radius 1 is 1.33 bits per heavy atom. The molecule has 0 aromatic carbocycles. The quantitative estimate of drug-likeness (QED) is 0.819. The number of Topliss-reactive ketones (excluding diaryl/α,β-unsaturated/α-hetero) is 1. The number of carbonyl (C=O) groups is 1. The first kappa shape index (κ1) is 14.8. The third-order valence-corrected chi connectivity index (χ3v) is 4.72. The first-order chi connectivity index (χ1) is 10.3. The molecule has 2 aliphatic heterocycles. The number of ether oxygens (including phenoxy) is 1. The highest BCUT2D eigenvalue weighted by molar-refractivity contribution is 5.94. The Morgan fingerprint density at radius 2 is 2.19 bits per heavy atom. The Labute approximate surface area is 126 Å². The van der Waals surface area contributed by atoms with E-state index in [1.54, 1.807) is 0 Å². The summed E-state index contributed by atoms with van der Waals surface area (Å²) in [5.74, 6) is 0.288. The molecule has 1 unspecified atom stereocenters. The van der Waals surface area contributed by atoms with E-state index in [1.807, 2.05) is 12.1 Å². The third-order valence-electron chi connectivity index (χ3n) is 4.72. The lowest BCUT2D eigenvalue weighted by molar-refractivity contribution is 0.0914. The molecule has 21 heavy (non-hydrogen) atoms. The van der Waals surface area contributed by atoms with E-state index in [-0.39, 0.29) is 5.78 Å². The molecule has 1 aromatic rings. The fraction of sp³-hybridized carbons (Fsp3) is 0.706. The predicted molar refractivity (Wildman–Crippen MR) is 82.7 cm³/mol. The number of carbonyl (C=O) groups excluding carboxylic acids is 1. The molecule has 2 saturated heterocycles. The lowest BCUT2D eigenvalue weighted by atomic mass is 10.0. The normalized spacial score (nSPS) is 23.5. The second-order valence-corrected chi connectivity index (χ2v) is 6.23. The van der Waals surface area contributed by atoms with Crippen molar-refractivity contribution >= 4 is 5.78 Å². The van der Waals surface area contributed by atoms with Crippen molar-refractivity contribution in [2.75, 3.05) is 19.7 Å². The van der Waals surface area contributed by atoms with Crippen LogP contribution in [0.15, 0.2) is 18.3 Å². The maximum atomic E-state index is 12.5. The van der Waals surface area contributed by atoms with Crippen LogP contribution in [0.3, 0.4) is 0 Å². The number of hydrogen-bond acceptors (Lipinski definition) is 3. The monoisotopic (exact) mass is 290 g/mol. The van der Waals surface area contributed by atoms with Crippen LogP contribution < -0.4 is 5.32 Å². The zero-order valence-electron chi connectivity index (χ0n) is 12.7. The van der Waals surface area contributed by atoms with E-state index < -0.39 is 0 Å². The van der Waals surface area contributed by atoms with Crippen LogP contribution in [0.5, 0.6) is 0 Å². The van der Waals surface area contributed by atoms with Gasteiger partial charge in [0, 0.05) is 25.3 Å².